The number of nitrogens with one attached hydrogen (secondary N) is 2. The second-order valence-corrected chi connectivity index (χ2v) is 7.18. The number of carbonyl (C=O) groups is 1. The van der Waals surface area contributed by atoms with Gasteiger partial charge in [-0.1, -0.05) is 0 Å². The maximum Gasteiger partial charge on any atom is 0.262 e. The van der Waals surface area contributed by atoms with Crippen molar-refractivity contribution in [1.82, 2.24) is 4.72 Å². The van der Waals surface area contributed by atoms with E-state index in [1.54, 1.807) is 13.8 Å². The van der Waals surface area contributed by atoms with Gasteiger partial charge >= 0.3 is 0 Å². The molecule has 1 aromatic rings. The molecule has 0 fully saturated rings. The van der Waals surface area contributed by atoms with Gasteiger partial charge in [-0.05, 0) is 39.0 Å². The summed E-state index contributed by atoms with van der Waals surface area (Å²) < 4.78 is 32.3. The number of aliphatic hydroxyl groups is 1. The number of hydrogen-bond acceptors (Lipinski definition) is 5. The lowest BCUT2D eigenvalue weighted by atomic mass is 10.0. The fraction of sp³-hybridized carbons (Fsp3) is 0.462. The first kappa shape index (κ1) is 15.7. The van der Waals surface area contributed by atoms with Gasteiger partial charge in [-0.3, -0.25) is 4.79 Å². The molecule has 1 atom stereocenters. The molecule has 0 radical (unpaired) electrons. The van der Waals surface area contributed by atoms with Crippen LogP contribution in [0.1, 0.15) is 20.8 Å². The first-order chi connectivity index (χ1) is 9.62. The van der Waals surface area contributed by atoms with Crippen LogP contribution in [-0.4, -0.2) is 37.7 Å². The number of ether oxygens (including phenoxy) is 1. The summed E-state index contributed by atoms with van der Waals surface area (Å²) in [5, 5.41) is 12.2. The number of carbonyl (C=O) groups excluding carboxylic acids is 1. The van der Waals surface area contributed by atoms with Crippen molar-refractivity contribution >= 4 is 21.6 Å². The summed E-state index contributed by atoms with van der Waals surface area (Å²) >= 11 is 0. The van der Waals surface area contributed by atoms with Crippen LogP contribution >= 0.6 is 0 Å². The van der Waals surface area contributed by atoms with Crippen LogP contribution in [0.2, 0.25) is 0 Å². The zero-order valence-corrected chi connectivity index (χ0v) is 12.8. The molecule has 0 saturated heterocycles. The molecule has 7 nitrogen and oxygen atoms in total. The molecule has 0 aliphatic carbocycles. The quantitative estimate of drug-likeness (QED) is 0.748. The van der Waals surface area contributed by atoms with E-state index in [1.807, 2.05) is 0 Å². The van der Waals surface area contributed by atoms with Gasteiger partial charge in [0.25, 0.3) is 5.91 Å². The number of benzene rings is 1. The lowest BCUT2D eigenvalue weighted by molar-refractivity contribution is -0.118. The maximum absolute atomic E-state index is 12.3. The highest BCUT2D eigenvalue weighted by Gasteiger charge is 2.31. The van der Waals surface area contributed by atoms with E-state index < -0.39 is 21.7 Å². The Morgan fingerprint density at radius 2 is 2.10 bits per heavy atom. The van der Waals surface area contributed by atoms with Crippen LogP contribution in [0.25, 0.3) is 0 Å². The summed E-state index contributed by atoms with van der Waals surface area (Å²) in [5.41, 5.74) is -0.710. The molecular formula is C13H18N2O5S. The summed E-state index contributed by atoms with van der Waals surface area (Å²) in [4.78, 5) is 11.3. The van der Waals surface area contributed by atoms with Crippen molar-refractivity contribution in [3.05, 3.63) is 18.2 Å². The number of aliphatic hydroxyl groups excluding tert-OH is 1. The molecule has 1 amide bonds. The summed E-state index contributed by atoms with van der Waals surface area (Å²) in [6.45, 7) is 4.58. The molecule has 1 heterocycles. The van der Waals surface area contributed by atoms with Gasteiger partial charge in [-0.2, -0.15) is 0 Å². The molecule has 1 aliphatic heterocycles. The lowest BCUT2D eigenvalue weighted by Gasteiger charge is -2.29. The third-order valence-electron chi connectivity index (χ3n) is 3.34. The van der Waals surface area contributed by atoms with E-state index >= 15 is 0 Å². The number of amides is 1. The highest BCUT2D eigenvalue weighted by molar-refractivity contribution is 7.89. The van der Waals surface area contributed by atoms with Crippen LogP contribution in [0.3, 0.4) is 0 Å². The van der Waals surface area contributed by atoms with Crippen LogP contribution in [0, 0.1) is 0 Å². The second kappa shape index (κ2) is 5.28. The van der Waals surface area contributed by atoms with E-state index in [0.717, 1.165) is 0 Å². The molecule has 0 aromatic heterocycles. The lowest BCUT2D eigenvalue weighted by Crippen LogP contribution is -2.50. The second-order valence-electron chi connectivity index (χ2n) is 5.50. The number of fused-ring (bicyclic) bond motifs is 1. The molecule has 116 valence electrons. The largest absolute Gasteiger partial charge is 0.482 e. The van der Waals surface area contributed by atoms with E-state index in [1.165, 1.54) is 25.1 Å². The Balaban J connectivity index is 2.33. The Kier molecular flexibility index (Phi) is 3.96. The van der Waals surface area contributed by atoms with Crippen LogP contribution in [0.4, 0.5) is 5.69 Å². The van der Waals surface area contributed by atoms with Gasteiger partial charge in [0.1, 0.15) is 5.75 Å². The zero-order valence-electron chi connectivity index (χ0n) is 12.0. The van der Waals surface area contributed by atoms with Crippen LogP contribution in [0.5, 0.6) is 5.75 Å². The van der Waals surface area contributed by atoms with E-state index in [9.17, 15) is 18.3 Å². The minimum absolute atomic E-state index is 0.0132. The molecule has 2 rings (SSSR count). The summed E-state index contributed by atoms with van der Waals surface area (Å²) in [6.07, 6.45) is -0.868. The monoisotopic (exact) mass is 314 g/mol. The van der Waals surface area contributed by atoms with Crippen LogP contribution < -0.4 is 14.8 Å². The first-order valence-corrected chi connectivity index (χ1v) is 7.89. The molecule has 0 saturated carbocycles. The van der Waals surface area contributed by atoms with Gasteiger partial charge < -0.3 is 15.2 Å². The predicted molar refractivity (Wildman–Crippen MR) is 76.6 cm³/mol. The van der Waals surface area contributed by atoms with Gasteiger partial charge in [0.2, 0.25) is 10.0 Å². The Hall–Kier alpha value is -1.64. The molecule has 0 spiro atoms. The van der Waals surface area contributed by atoms with Gasteiger partial charge in [0, 0.05) is 0 Å². The zero-order chi connectivity index (χ0) is 15.8. The average molecular weight is 314 g/mol. The number of rotatable bonds is 4. The molecule has 0 bridgehead atoms. The highest BCUT2D eigenvalue weighted by Crippen LogP contribution is 2.30. The maximum atomic E-state index is 12.3. The van der Waals surface area contributed by atoms with Crippen molar-refractivity contribution in [2.45, 2.75) is 37.3 Å². The predicted octanol–water partition coefficient (Wildman–Crippen LogP) is 0.455. The summed E-state index contributed by atoms with van der Waals surface area (Å²) in [7, 11) is -3.83. The van der Waals surface area contributed by atoms with Gasteiger partial charge in [-0.15, -0.1) is 0 Å². The van der Waals surface area contributed by atoms with Crippen molar-refractivity contribution < 1.29 is 23.1 Å². The Morgan fingerprint density at radius 3 is 2.71 bits per heavy atom. The third-order valence-corrected chi connectivity index (χ3v) is 5.01. The van der Waals surface area contributed by atoms with E-state index in [2.05, 4.69) is 10.0 Å². The van der Waals surface area contributed by atoms with Gasteiger partial charge in [0.15, 0.2) is 6.61 Å². The van der Waals surface area contributed by atoms with E-state index in [-0.39, 0.29) is 17.4 Å². The smallest absolute Gasteiger partial charge is 0.262 e. The van der Waals surface area contributed by atoms with Crippen molar-refractivity contribution in [2.75, 3.05) is 11.9 Å². The third kappa shape index (κ3) is 3.34. The standard InChI is InChI=1S/C13H18N2O5S/c1-8(16)13(2,3)15-21(18,19)9-4-5-11-10(6-9)14-12(17)7-20-11/h4-6,8,15-16H,7H2,1-3H3,(H,14,17). The van der Waals surface area contributed by atoms with Gasteiger partial charge in [-0.25, -0.2) is 13.1 Å². The first-order valence-electron chi connectivity index (χ1n) is 6.40. The molecule has 3 N–H and O–H groups in total. The number of sulfonamides is 1. The number of hydrogen-bond donors (Lipinski definition) is 3. The Labute approximate surface area is 123 Å². The van der Waals surface area contributed by atoms with Crippen molar-refractivity contribution in [1.29, 1.82) is 0 Å². The Bertz CT molecular complexity index is 667. The summed E-state index contributed by atoms with van der Waals surface area (Å²) in [5.74, 6) is 0.0812. The normalized spacial score (nSPS) is 16.7. The molecule has 8 heteroatoms. The van der Waals surface area contributed by atoms with E-state index in [4.69, 9.17) is 4.74 Å². The SMILES string of the molecule is CC(O)C(C)(C)NS(=O)(=O)c1ccc2c(c1)NC(=O)CO2. The molecular weight excluding hydrogens is 296 g/mol. The van der Waals surface area contributed by atoms with Crippen LogP contribution in [-0.2, 0) is 14.8 Å². The minimum atomic E-state index is -3.83. The molecule has 1 unspecified atom stereocenters. The van der Waals surface area contributed by atoms with Gasteiger partial charge in [0.05, 0.1) is 22.2 Å². The van der Waals surface area contributed by atoms with Crippen molar-refractivity contribution in [3.63, 3.8) is 0 Å². The molecule has 1 aliphatic rings. The minimum Gasteiger partial charge on any atom is -0.482 e. The van der Waals surface area contributed by atoms with Crippen molar-refractivity contribution in [2.24, 2.45) is 0 Å². The summed E-state index contributed by atoms with van der Waals surface area (Å²) in [6, 6.07) is 4.20. The molecule has 21 heavy (non-hydrogen) atoms. The van der Waals surface area contributed by atoms with Crippen molar-refractivity contribution in [3.8, 4) is 5.75 Å². The van der Waals surface area contributed by atoms with E-state index in [0.29, 0.717) is 11.4 Å². The highest BCUT2D eigenvalue weighted by atomic mass is 32.2. The fourth-order valence-electron chi connectivity index (χ4n) is 1.72. The molecule has 1 aromatic carbocycles. The number of anilines is 1. The Morgan fingerprint density at radius 1 is 1.43 bits per heavy atom. The average Bonchev–Trinajstić information content (AvgIpc) is 2.36. The van der Waals surface area contributed by atoms with Crippen LogP contribution in [0.15, 0.2) is 23.1 Å². The topological polar surface area (TPSA) is 105 Å². The fourth-order valence-corrected chi connectivity index (χ4v) is 3.22.